The summed E-state index contributed by atoms with van der Waals surface area (Å²) in [5.74, 6) is -10.0. The van der Waals surface area contributed by atoms with Crippen LogP contribution in [0.5, 0.6) is 5.75 Å². The maximum absolute atomic E-state index is 14.3. The molecular weight excluding hydrogens is 787 g/mol. The molecule has 0 radical (unpaired) electrons. The number of amides is 1. The molecule has 4 aromatic rings. The van der Waals surface area contributed by atoms with Gasteiger partial charge in [-0.1, -0.05) is 31.2 Å². The summed E-state index contributed by atoms with van der Waals surface area (Å²) < 4.78 is 27.2. The van der Waals surface area contributed by atoms with Crippen LogP contribution in [-0.4, -0.2) is 107 Å². The van der Waals surface area contributed by atoms with Gasteiger partial charge in [0.2, 0.25) is 15.6 Å². The molecule has 3 aliphatic rings. The summed E-state index contributed by atoms with van der Waals surface area (Å²) in [5.41, 5.74) is 2.25. The number of phenols is 1. The molecule has 1 saturated carbocycles. The van der Waals surface area contributed by atoms with E-state index in [9.17, 15) is 48.3 Å². The van der Waals surface area contributed by atoms with Gasteiger partial charge in [-0.05, 0) is 91.7 Å². The summed E-state index contributed by atoms with van der Waals surface area (Å²) in [6.07, 6.45) is -1.72. The molecule has 0 aromatic heterocycles. The van der Waals surface area contributed by atoms with Crippen LogP contribution in [0.2, 0.25) is 0 Å². The minimum Gasteiger partial charge on any atom is -0.508 e. The monoisotopic (exact) mass is 827 g/mol. The lowest BCUT2D eigenvalue weighted by Gasteiger charge is -2.53. The summed E-state index contributed by atoms with van der Waals surface area (Å²) in [7, 11) is 2.80. The van der Waals surface area contributed by atoms with Gasteiger partial charge < -0.3 is 46.8 Å². The van der Waals surface area contributed by atoms with Gasteiger partial charge in [0, 0.05) is 42.3 Å². The Morgan fingerprint density at radius 1 is 0.914 bits per heavy atom. The van der Waals surface area contributed by atoms with Crippen molar-refractivity contribution in [2.75, 3.05) is 43.7 Å². The number of Topliss-reactive ketones (excluding diaryl/α,β-unsaturated/α-hetero) is 2. The summed E-state index contributed by atoms with van der Waals surface area (Å²) in [5, 5.41) is 65.4. The Bertz CT molecular complexity index is 2640. The lowest BCUT2D eigenvalue weighted by Crippen LogP contribution is -2.70. The van der Waals surface area contributed by atoms with E-state index in [1.807, 2.05) is 37.2 Å². The Kier molecular flexibility index (Phi) is 9.89. The standard InChI is InChI=1S/C41H41N5O10S2/c1-18-23-15-16-25(44-40(57)43-20-9-11-21(12-10-20)58(55,56)22-13-14-24-19(17-22)7-6-8-26(24)45(2)3)33(47)28(23)34(48)29-27(18)35(49)31-32(46(4)5)36(50)30(39(42)53)38(52)41(31,54)37(29)51/h6-18,27,31-32,35,47-49,52,54H,1-5H3,(H2,42,53)(H2,43,44,57)/t18-,27+,31+,32-,35-,41-/m0/s1. The van der Waals surface area contributed by atoms with E-state index in [1.165, 1.54) is 49.3 Å². The van der Waals surface area contributed by atoms with Crippen molar-refractivity contribution in [2.24, 2.45) is 17.6 Å². The average molecular weight is 828 g/mol. The molecule has 15 nitrogen and oxygen atoms in total. The fourth-order valence-electron chi connectivity index (χ4n) is 8.66. The van der Waals surface area contributed by atoms with Gasteiger partial charge in [0.15, 0.2) is 16.5 Å². The van der Waals surface area contributed by atoms with E-state index in [2.05, 4.69) is 10.6 Å². The topological polar surface area (TPSA) is 243 Å². The highest BCUT2D eigenvalue weighted by Gasteiger charge is 2.68. The first-order valence-electron chi connectivity index (χ1n) is 18.0. The first-order chi connectivity index (χ1) is 27.2. The van der Waals surface area contributed by atoms with Crippen molar-refractivity contribution in [3.8, 4) is 5.75 Å². The van der Waals surface area contributed by atoms with Crippen molar-refractivity contribution in [1.29, 1.82) is 0 Å². The number of anilines is 3. The minimum absolute atomic E-state index is 0.0166. The fourth-order valence-corrected chi connectivity index (χ4v) is 10.2. The Balaban J connectivity index is 1.16. The van der Waals surface area contributed by atoms with Gasteiger partial charge in [0.05, 0.1) is 39.1 Å². The Morgan fingerprint density at radius 3 is 2.19 bits per heavy atom. The highest BCUT2D eigenvalue weighted by molar-refractivity contribution is 7.91. The Labute approximate surface area is 338 Å². The molecule has 0 heterocycles. The van der Waals surface area contributed by atoms with Crippen molar-refractivity contribution < 1.29 is 48.3 Å². The molecule has 7 rings (SSSR count). The first-order valence-corrected chi connectivity index (χ1v) is 19.9. The summed E-state index contributed by atoms with van der Waals surface area (Å²) in [4.78, 5) is 43.4. The van der Waals surface area contributed by atoms with Crippen LogP contribution in [-0.2, 0) is 24.2 Å². The lowest BCUT2D eigenvalue weighted by atomic mass is 9.54. The molecule has 0 unspecified atom stereocenters. The molecule has 9 N–H and O–H groups in total. The fraction of sp³-hybridized carbons (Fsp3) is 0.268. The first kappa shape index (κ1) is 40.4. The van der Waals surface area contributed by atoms with E-state index in [4.69, 9.17) is 18.0 Å². The SMILES string of the molecule is C[C@H]1c2ccc(NC(=S)Nc3ccc(S(=O)(=O)c4ccc5c(N(C)C)cccc5c4)cc3)c(O)c2C(O)=C2C(=O)[C@]3(O)C(O)=C(C(N)=O)C(=O)[C@@H](N(C)C)[C@@H]3[C@@H](O)[C@@H]21. The van der Waals surface area contributed by atoms with E-state index in [1.54, 1.807) is 31.2 Å². The predicted octanol–water partition coefficient (Wildman–Crippen LogP) is 3.36. The molecule has 0 bridgehead atoms. The largest absolute Gasteiger partial charge is 0.508 e. The molecule has 1 fully saturated rings. The number of nitrogens with zero attached hydrogens (tertiary/aromatic N) is 2. The number of rotatable bonds is 7. The van der Waals surface area contributed by atoms with Crippen LogP contribution in [0.25, 0.3) is 16.5 Å². The van der Waals surface area contributed by atoms with Gasteiger partial charge >= 0.3 is 0 Å². The third-order valence-corrected chi connectivity index (χ3v) is 13.4. The Morgan fingerprint density at radius 2 is 1.57 bits per heavy atom. The van der Waals surface area contributed by atoms with Crippen LogP contribution in [0, 0.1) is 11.8 Å². The summed E-state index contributed by atoms with van der Waals surface area (Å²) in [6.45, 7) is 1.63. The van der Waals surface area contributed by atoms with E-state index >= 15 is 0 Å². The number of nitrogens with one attached hydrogen (secondary N) is 2. The number of hydrogen-bond donors (Lipinski definition) is 8. The number of aromatic hydroxyl groups is 1. The number of primary amides is 1. The Hall–Kier alpha value is -5.85. The highest BCUT2D eigenvalue weighted by atomic mass is 32.2. The molecule has 0 spiro atoms. The third kappa shape index (κ3) is 6.00. The summed E-state index contributed by atoms with van der Waals surface area (Å²) >= 11 is 5.48. The number of ketones is 2. The zero-order valence-corrected chi connectivity index (χ0v) is 33.5. The molecule has 6 atom stereocenters. The second kappa shape index (κ2) is 14.2. The molecule has 1 amide bonds. The number of aliphatic hydroxyl groups is 4. The van der Waals surface area contributed by atoms with Crippen molar-refractivity contribution in [3.63, 3.8) is 0 Å². The van der Waals surface area contributed by atoms with Crippen LogP contribution in [0.15, 0.2) is 99.5 Å². The van der Waals surface area contributed by atoms with E-state index in [0.717, 1.165) is 16.5 Å². The molecule has 0 aliphatic heterocycles. The van der Waals surface area contributed by atoms with Gasteiger partial charge in [-0.3, -0.25) is 19.3 Å². The smallest absolute Gasteiger partial charge is 0.255 e. The second-order valence-electron chi connectivity index (χ2n) is 15.1. The van der Waals surface area contributed by atoms with Gasteiger partial charge in [-0.15, -0.1) is 0 Å². The minimum atomic E-state index is -3.89. The summed E-state index contributed by atoms with van der Waals surface area (Å²) in [6, 6.07) is 18.1. The van der Waals surface area contributed by atoms with Crippen LogP contribution in [0.1, 0.15) is 24.0 Å². The number of sulfone groups is 1. The lowest BCUT2D eigenvalue weighted by molar-refractivity contribution is -0.169. The normalized spacial score (nSPS) is 24.3. The molecule has 58 heavy (non-hydrogen) atoms. The van der Waals surface area contributed by atoms with Crippen LogP contribution < -0.4 is 21.3 Å². The number of hydrogen-bond acceptors (Lipinski definition) is 13. The predicted molar refractivity (Wildman–Crippen MR) is 220 cm³/mol. The number of fused-ring (bicyclic) bond motifs is 4. The van der Waals surface area contributed by atoms with Crippen molar-refractivity contribution in [3.05, 3.63) is 101 Å². The van der Waals surface area contributed by atoms with Crippen LogP contribution in [0.4, 0.5) is 17.1 Å². The maximum atomic E-state index is 14.3. The number of carbonyl (C=O) groups is 3. The van der Waals surface area contributed by atoms with Crippen LogP contribution >= 0.6 is 12.2 Å². The van der Waals surface area contributed by atoms with Gasteiger partial charge in [0.1, 0.15) is 22.8 Å². The maximum Gasteiger partial charge on any atom is 0.255 e. The van der Waals surface area contributed by atoms with E-state index < -0.39 is 91.2 Å². The quantitative estimate of drug-likeness (QED) is 0.0757. The third-order valence-electron chi connectivity index (χ3n) is 11.4. The second-order valence-corrected chi connectivity index (χ2v) is 17.5. The number of carbonyl (C=O) groups excluding carboxylic acids is 3. The molecule has 302 valence electrons. The number of nitrogens with two attached hydrogens (primary N) is 1. The van der Waals surface area contributed by atoms with E-state index in [0.29, 0.717) is 11.3 Å². The number of benzene rings is 4. The number of phenolic OH excluding ortho intramolecular Hbond substituents is 1. The molecule has 4 aromatic carbocycles. The molecule has 0 saturated heterocycles. The van der Waals surface area contributed by atoms with Crippen molar-refractivity contribution >= 4 is 78.2 Å². The number of thiocarbonyl (C=S) groups is 1. The molecule has 17 heteroatoms. The van der Waals surface area contributed by atoms with Gasteiger partial charge in [-0.2, -0.15) is 0 Å². The molecular formula is C41H41N5O10S2. The zero-order chi connectivity index (χ0) is 42.3. The molecule has 3 aliphatic carbocycles. The van der Waals surface area contributed by atoms with Gasteiger partial charge in [0.25, 0.3) is 5.91 Å². The highest BCUT2D eigenvalue weighted by Crippen LogP contribution is 2.56. The van der Waals surface area contributed by atoms with E-state index in [-0.39, 0.29) is 26.2 Å². The number of likely N-dealkylation sites (N-methyl/N-ethyl adjacent to an activating group) is 1. The van der Waals surface area contributed by atoms with Crippen molar-refractivity contribution in [2.45, 2.75) is 40.4 Å². The zero-order valence-electron chi connectivity index (χ0n) is 31.9. The van der Waals surface area contributed by atoms with Gasteiger partial charge in [-0.25, -0.2) is 8.42 Å². The van der Waals surface area contributed by atoms with Crippen LogP contribution in [0.3, 0.4) is 0 Å². The average Bonchev–Trinajstić information content (AvgIpc) is 3.16. The van der Waals surface area contributed by atoms with Crippen molar-refractivity contribution in [1.82, 2.24) is 4.90 Å². The number of aliphatic hydroxyl groups excluding tert-OH is 3.